The highest BCUT2D eigenvalue weighted by Gasteiger charge is 2.32. The van der Waals surface area contributed by atoms with Gasteiger partial charge in [-0.15, -0.1) is 0 Å². The van der Waals surface area contributed by atoms with Gasteiger partial charge in [0.05, 0.1) is 17.9 Å². The first kappa shape index (κ1) is 13.5. The quantitative estimate of drug-likeness (QED) is 0.863. The molecule has 1 aliphatic heterocycles. The van der Waals surface area contributed by atoms with E-state index in [4.69, 9.17) is 5.73 Å². The number of carbonyl (C=O) groups is 1. The van der Waals surface area contributed by atoms with Crippen molar-refractivity contribution in [3.8, 4) is 0 Å². The summed E-state index contributed by atoms with van der Waals surface area (Å²) in [5.41, 5.74) is 7.63. The summed E-state index contributed by atoms with van der Waals surface area (Å²) in [6.45, 7) is 2.63. The van der Waals surface area contributed by atoms with E-state index in [0.717, 1.165) is 5.69 Å². The molecule has 0 radical (unpaired) electrons. The molecule has 3 rings (SSSR count). The van der Waals surface area contributed by atoms with Crippen molar-refractivity contribution in [3.05, 3.63) is 42.2 Å². The van der Waals surface area contributed by atoms with E-state index < -0.39 is 0 Å². The number of hydrogen-bond acceptors (Lipinski definition) is 3. The molecule has 1 aromatic carbocycles. The van der Waals surface area contributed by atoms with Gasteiger partial charge in [-0.05, 0) is 19.1 Å². The zero-order valence-electron chi connectivity index (χ0n) is 10.6. The second kappa shape index (κ2) is 4.97. The van der Waals surface area contributed by atoms with Gasteiger partial charge in [-0.1, -0.05) is 18.2 Å². The minimum atomic E-state index is -0.0886. The van der Waals surface area contributed by atoms with E-state index in [1.54, 1.807) is 9.58 Å². The minimum absolute atomic E-state index is 0. The molecule has 1 aromatic heterocycles. The molecule has 0 unspecified atom stereocenters. The summed E-state index contributed by atoms with van der Waals surface area (Å²) in [7, 11) is 0. The normalized spacial score (nSPS) is 17.8. The molecule has 1 amide bonds. The van der Waals surface area contributed by atoms with Crippen molar-refractivity contribution in [1.29, 1.82) is 0 Å². The molecule has 0 aliphatic carbocycles. The van der Waals surface area contributed by atoms with Crippen molar-refractivity contribution in [3.63, 3.8) is 0 Å². The number of para-hydroxylation sites is 1. The highest BCUT2D eigenvalue weighted by molar-refractivity contribution is 7.59. The van der Waals surface area contributed by atoms with Gasteiger partial charge in [-0.25, -0.2) is 0 Å². The van der Waals surface area contributed by atoms with E-state index in [9.17, 15) is 4.79 Å². The van der Waals surface area contributed by atoms with Crippen LogP contribution in [0.2, 0.25) is 0 Å². The number of hydrogen-bond donors (Lipinski definition) is 1. The van der Waals surface area contributed by atoms with Crippen LogP contribution in [0.15, 0.2) is 36.5 Å². The summed E-state index contributed by atoms with van der Waals surface area (Å²) < 4.78 is 1.71. The number of fused-ring (bicyclic) bond motifs is 1. The number of anilines is 2. The fourth-order valence-electron chi connectivity index (χ4n) is 2.31. The Balaban J connectivity index is 0.00000133. The monoisotopic (exact) mass is 276 g/mol. The number of benzene rings is 1. The Morgan fingerprint density at radius 1 is 1.32 bits per heavy atom. The molecule has 0 saturated heterocycles. The lowest BCUT2D eigenvalue weighted by molar-refractivity contribution is 0.0954. The molecular formula is C13H16N4OS. The number of carbonyl (C=O) groups excluding carboxylic acids is 1. The van der Waals surface area contributed by atoms with Gasteiger partial charge in [0.25, 0.3) is 5.91 Å². The molecule has 1 aliphatic rings. The molecule has 2 N–H and O–H groups in total. The fourth-order valence-corrected chi connectivity index (χ4v) is 2.31. The van der Waals surface area contributed by atoms with Crippen LogP contribution >= 0.6 is 13.5 Å². The molecule has 2 heterocycles. The van der Waals surface area contributed by atoms with E-state index in [1.165, 1.54) is 6.20 Å². The third-order valence-electron chi connectivity index (χ3n) is 3.20. The number of nitrogen functional groups attached to an aromatic ring is 1. The van der Waals surface area contributed by atoms with Gasteiger partial charge in [0, 0.05) is 12.2 Å². The van der Waals surface area contributed by atoms with Gasteiger partial charge < -0.3 is 10.6 Å². The predicted octanol–water partition coefficient (Wildman–Crippen LogP) is 1.80. The second-order valence-electron chi connectivity index (χ2n) is 4.49. The first-order chi connectivity index (χ1) is 8.68. The average molecular weight is 276 g/mol. The Bertz CT molecular complexity index is 596. The van der Waals surface area contributed by atoms with Crippen molar-refractivity contribution in [1.82, 2.24) is 9.78 Å². The summed E-state index contributed by atoms with van der Waals surface area (Å²) in [4.78, 5) is 14.2. The Morgan fingerprint density at radius 3 is 2.68 bits per heavy atom. The van der Waals surface area contributed by atoms with E-state index in [-0.39, 0.29) is 25.4 Å². The highest BCUT2D eigenvalue weighted by Crippen LogP contribution is 2.28. The maximum absolute atomic E-state index is 12.4. The van der Waals surface area contributed by atoms with E-state index >= 15 is 0 Å². The highest BCUT2D eigenvalue weighted by atomic mass is 32.1. The summed E-state index contributed by atoms with van der Waals surface area (Å²) >= 11 is 0. The molecule has 100 valence electrons. The lowest BCUT2D eigenvalue weighted by Gasteiger charge is -2.32. The van der Waals surface area contributed by atoms with Crippen LogP contribution in [0.4, 0.5) is 11.4 Å². The smallest absolute Gasteiger partial charge is 0.278 e. The van der Waals surface area contributed by atoms with Crippen LogP contribution in [0, 0.1) is 0 Å². The predicted molar refractivity (Wildman–Crippen MR) is 79.8 cm³/mol. The standard InChI is InChI=1S/C13H14N4O.H2S/c1-9-8-16(10-5-3-2-4-6-10)13(18)12-11(14)7-15-17(9)12;/h2-7,9H,8,14H2,1H3;1H2/t9-;/m0./s1. The van der Waals surface area contributed by atoms with Crippen molar-refractivity contribution in [2.45, 2.75) is 13.0 Å². The lowest BCUT2D eigenvalue weighted by atomic mass is 10.1. The number of nitrogens with zero attached hydrogens (tertiary/aromatic N) is 3. The molecular weight excluding hydrogens is 260 g/mol. The Morgan fingerprint density at radius 2 is 2.00 bits per heavy atom. The van der Waals surface area contributed by atoms with Gasteiger partial charge in [0.15, 0.2) is 0 Å². The van der Waals surface area contributed by atoms with Crippen LogP contribution in [0.25, 0.3) is 0 Å². The first-order valence-electron chi connectivity index (χ1n) is 5.88. The zero-order valence-corrected chi connectivity index (χ0v) is 11.6. The Hall–Kier alpha value is -1.95. The zero-order chi connectivity index (χ0) is 12.7. The molecule has 19 heavy (non-hydrogen) atoms. The maximum Gasteiger partial charge on any atom is 0.278 e. The third-order valence-corrected chi connectivity index (χ3v) is 3.20. The van der Waals surface area contributed by atoms with Crippen molar-refractivity contribution in [2.75, 3.05) is 17.2 Å². The summed E-state index contributed by atoms with van der Waals surface area (Å²) in [5.74, 6) is -0.0886. The van der Waals surface area contributed by atoms with Gasteiger partial charge in [0.1, 0.15) is 5.69 Å². The lowest BCUT2D eigenvalue weighted by Crippen LogP contribution is -2.42. The van der Waals surface area contributed by atoms with E-state index in [0.29, 0.717) is 17.9 Å². The van der Waals surface area contributed by atoms with Crippen molar-refractivity contribution < 1.29 is 4.79 Å². The van der Waals surface area contributed by atoms with Gasteiger partial charge >= 0.3 is 0 Å². The molecule has 6 heteroatoms. The minimum Gasteiger partial charge on any atom is -0.396 e. The van der Waals surface area contributed by atoms with E-state index in [1.807, 2.05) is 37.3 Å². The van der Waals surface area contributed by atoms with Crippen molar-refractivity contribution >= 4 is 30.8 Å². The molecule has 0 fully saturated rings. The summed E-state index contributed by atoms with van der Waals surface area (Å²) in [5, 5.41) is 4.16. The third kappa shape index (κ3) is 2.08. The van der Waals surface area contributed by atoms with Gasteiger partial charge in [0.2, 0.25) is 0 Å². The van der Waals surface area contributed by atoms with Crippen LogP contribution in [-0.4, -0.2) is 22.2 Å². The molecule has 0 saturated carbocycles. The number of amides is 1. The maximum atomic E-state index is 12.4. The fraction of sp³-hybridized carbons (Fsp3) is 0.231. The number of aromatic nitrogens is 2. The van der Waals surface area contributed by atoms with Crippen molar-refractivity contribution in [2.24, 2.45) is 0 Å². The van der Waals surface area contributed by atoms with Crippen LogP contribution in [-0.2, 0) is 0 Å². The van der Waals surface area contributed by atoms with Crippen LogP contribution in [0.3, 0.4) is 0 Å². The average Bonchev–Trinajstić information content (AvgIpc) is 2.78. The Labute approximate surface area is 118 Å². The van der Waals surface area contributed by atoms with Gasteiger partial charge in [-0.3, -0.25) is 9.48 Å². The largest absolute Gasteiger partial charge is 0.396 e. The number of nitrogens with two attached hydrogens (primary N) is 1. The Kier molecular flexibility index (Phi) is 3.53. The summed E-state index contributed by atoms with van der Waals surface area (Å²) in [6, 6.07) is 9.74. The molecule has 1 atom stereocenters. The number of rotatable bonds is 1. The van der Waals surface area contributed by atoms with Gasteiger partial charge in [-0.2, -0.15) is 18.6 Å². The molecule has 5 nitrogen and oxygen atoms in total. The van der Waals surface area contributed by atoms with Crippen LogP contribution in [0.5, 0.6) is 0 Å². The molecule has 0 bridgehead atoms. The molecule has 2 aromatic rings. The van der Waals surface area contributed by atoms with Crippen LogP contribution in [0.1, 0.15) is 23.5 Å². The second-order valence-corrected chi connectivity index (χ2v) is 4.49. The summed E-state index contributed by atoms with van der Waals surface area (Å²) in [6.07, 6.45) is 1.54. The topological polar surface area (TPSA) is 64.2 Å². The van der Waals surface area contributed by atoms with Crippen LogP contribution < -0.4 is 10.6 Å². The van der Waals surface area contributed by atoms with E-state index in [2.05, 4.69) is 5.10 Å². The first-order valence-corrected chi connectivity index (χ1v) is 5.88. The SMILES string of the molecule is C[C@H]1CN(c2ccccc2)C(=O)c2c(N)cnn21.S. The molecule has 0 spiro atoms.